The predicted molar refractivity (Wildman–Crippen MR) is 83.5 cm³/mol. The van der Waals surface area contributed by atoms with Crippen LogP contribution in [0.2, 0.25) is 0 Å². The van der Waals surface area contributed by atoms with Gasteiger partial charge in [0.05, 0.1) is 4.47 Å². The molecule has 0 aromatic heterocycles. The molecule has 0 atom stereocenters. The zero-order valence-electron chi connectivity index (χ0n) is 12.4. The van der Waals surface area contributed by atoms with Crippen LogP contribution in [0.15, 0.2) is 16.6 Å². The lowest BCUT2D eigenvalue weighted by Gasteiger charge is -2.26. The monoisotopic (exact) mass is 371 g/mol. The molecule has 1 aromatic carbocycles. The minimum absolute atomic E-state index is 0.00187. The second kappa shape index (κ2) is 6.56. The van der Waals surface area contributed by atoms with Crippen molar-refractivity contribution in [3.05, 3.63) is 22.2 Å². The summed E-state index contributed by atoms with van der Waals surface area (Å²) in [7, 11) is 0. The van der Waals surface area contributed by atoms with Crippen LogP contribution < -0.4 is 14.8 Å². The third kappa shape index (κ3) is 4.13. The molecule has 0 bridgehead atoms. The van der Waals surface area contributed by atoms with Crippen molar-refractivity contribution in [3.8, 4) is 11.5 Å². The van der Waals surface area contributed by atoms with Gasteiger partial charge in [-0.25, -0.2) is 0 Å². The second-order valence-electron chi connectivity index (χ2n) is 5.71. The minimum atomic E-state index is -0.885. The summed E-state index contributed by atoms with van der Waals surface area (Å²) in [4.78, 5) is 23.0. The smallest absolute Gasteiger partial charge is 0.303 e. The Hall–Kier alpha value is -1.76. The van der Waals surface area contributed by atoms with E-state index in [1.807, 2.05) is 0 Å². The van der Waals surface area contributed by atoms with Crippen LogP contribution in [0.1, 0.15) is 37.0 Å². The molecule has 0 saturated heterocycles. The number of rotatable bonds is 5. The van der Waals surface area contributed by atoms with Crippen molar-refractivity contribution in [2.75, 3.05) is 13.2 Å². The van der Waals surface area contributed by atoms with Crippen molar-refractivity contribution in [2.45, 2.75) is 32.2 Å². The van der Waals surface area contributed by atoms with Crippen molar-refractivity contribution in [2.24, 2.45) is 0 Å². The summed E-state index contributed by atoms with van der Waals surface area (Å²) in [6, 6.07) is 3.29. The molecular weight excluding hydrogens is 354 g/mol. The standard InChI is InChI=1S/C15H18BrNO5/c1-15(2,4-3-12(18)19)17-14(20)9-7-10(16)13-11(8-9)21-5-6-22-13/h7-8H,3-6H2,1-2H3,(H,17,20)(H,18,19). The molecule has 1 heterocycles. The van der Waals surface area contributed by atoms with Crippen molar-refractivity contribution >= 4 is 27.8 Å². The Bertz CT molecular complexity index is 600. The average Bonchev–Trinajstić information content (AvgIpc) is 2.45. The number of halogens is 1. The van der Waals surface area contributed by atoms with Crippen LogP contribution in [0.5, 0.6) is 11.5 Å². The first-order valence-electron chi connectivity index (χ1n) is 6.92. The van der Waals surface area contributed by atoms with Crippen LogP contribution in [-0.4, -0.2) is 35.7 Å². The molecule has 1 aliphatic rings. The molecule has 0 unspecified atom stereocenters. The molecule has 1 aliphatic heterocycles. The van der Waals surface area contributed by atoms with Crippen LogP contribution >= 0.6 is 15.9 Å². The number of hydrogen-bond acceptors (Lipinski definition) is 4. The highest BCUT2D eigenvalue weighted by atomic mass is 79.9. The molecule has 2 N–H and O–H groups in total. The van der Waals surface area contributed by atoms with E-state index in [-0.39, 0.29) is 12.3 Å². The number of fused-ring (bicyclic) bond motifs is 1. The largest absolute Gasteiger partial charge is 0.486 e. The van der Waals surface area contributed by atoms with Crippen LogP contribution in [-0.2, 0) is 4.79 Å². The number of carboxylic acid groups (broad SMARTS) is 1. The fraction of sp³-hybridized carbons (Fsp3) is 0.467. The zero-order chi connectivity index (χ0) is 16.3. The Morgan fingerprint density at radius 3 is 2.68 bits per heavy atom. The molecule has 0 radical (unpaired) electrons. The number of ether oxygens (including phenoxy) is 2. The van der Waals surface area contributed by atoms with E-state index in [0.29, 0.717) is 41.2 Å². The fourth-order valence-corrected chi connectivity index (χ4v) is 2.66. The number of amides is 1. The van der Waals surface area contributed by atoms with Gasteiger partial charge in [-0.2, -0.15) is 0 Å². The summed E-state index contributed by atoms with van der Waals surface area (Å²) in [6.07, 6.45) is 0.345. The quantitative estimate of drug-likeness (QED) is 0.830. The lowest BCUT2D eigenvalue weighted by Crippen LogP contribution is -2.43. The van der Waals surface area contributed by atoms with E-state index in [0.717, 1.165) is 0 Å². The number of aliphatic carboxylic acids is 1. The van der Waals surface area contributed by atoms with E-state index in [2.05, 4.69) is 21.2 Å². The van der Waals surface area contributed by atoms with Gasteiger partial charge in [-0.1, -0.05) is 0 Å². The molecule has 7 heteroatoms. The Balaban J connectivity index is 2.12. The van der Waals surface area contributed by atoms with Crippen LogP contribution in [0.4, 0.5) is 0 Å². The highest BCUT2D eigenvalue weighted by Gasteiger charge is 2.24. The summed E-state index contributed by atoms with van der Waals surface area (Å²) < 4.78 is 11.6. The number of nitrogens with one attached hydrogen (secondary N) is 1. The Morgan fingerprint density at radius 1 is 1.32 bits per heavy atom. The first kappa shape index (κ1) is 16.6. The normalized spacial score (nSPS) is 13.6. The SMILES string of the molecule is CC(C)(CCC(=O)O)NC(=O)c1cc(Br)c2c(c1)OCCO2. The van der Waals surface area contributed by atoms with Crippen molar-refractivity contribution in [3.63, 3.8) is 0 Å². The maximum Gasteiger partial charge on any atom is 0.303 e. The summed E-state index contributed by atoms with van der Waals surface area (Å²) in [5.41, 5.74) is -0.186. The first-order chi connectivity index (χ1) is 10.3. The molecule has 2 rings (SSSR count). The topological polar surface area (TPSA) is 84.9 Å². The van der Waals surface area contributed by atoms with E-state index < -0.39 is 11.5 Å². The van der Waals surface area contributed by atoms with Gasteiger partial charge in [-0.15, -0.1) is 0 Å². The molecule has 1 aromatic rings. The number of carboxylic acids is 1. The summed E-state index contributed by atoms with van der Waals surface area (Å²) in [6.45, 7) is 4.50. The van der Waals surface area contributed by atoms with E-state index in [9.17, 15) is 9.59 Å². The third-order valence-corrected chi connectivity index (χ3v) is 3.86. The average molecular weight is 372 g/mol. The maximum atomic E-state index is 12.4. The van der Waals surface area contributed by atoms with Crippen molar-refractivity contribution in [1.82, 2.24) is 5.32 Å². The maximum absolute atomic E-state index is 12.4. The van der Waals surface area contributed by atoms with Gasteiger partial charge in [-0.05, 0) is 48.3 Å². The fourth-order valence-electron chi connectivity index (χ4n) is 2.10. The molecule has 1 amide bonds. The summed E-state index contributed by atoms with van der Waals surface area (Å²) in [5, 5.41) is 11.6. The molecule has 120 valence electrons. The van der Waals surface area contributed by atoms with Crippen LogP contribution in [0.25, 0.3) is 0 Å². The minimum Gasteiger partial charge on any atom is -0.486 e. The lowest BCUT2D eigenvalue weighted by atomic mass is 9.97. The van der Waals surface area contributed by atoms with Crippen LogP contribution in [0, 0.1) is 0 Å². The molecule has 0 aliphatic carbocycles. The van der Waals surface area contributed by atoms with Gasteiger partial charge in [0.15, 0.2) is 11.5 Å². The highest BCUT2D eigenvalue weighted by molar-refractivity contribution is 9.10. The molecule has 0 fully saturated rings. The van der Waals surface area contributed by atoms with Gasteiger partial charge in [0.25, 0.3) is 5.91 Å². The Kier molecular flexibility index (Phi) is 4.95. The van der Waals surface area contributed by atoms with Crippen LogP contribution in [0.3, 0.4) is 0 Å². The predicted octanol–water partition coefficient (Wildman–Crippen LogP) is 2.59. The number of hydrogen-bond donors (Lipinski definition) is 2. The van der Waals surface area contributed by atoms with Crippen molar-refractivity contribution < 1.29 is 24.2 Å². The lowest BCUT2D eigenvalue weighted by molar-refractivity contribution is -0.137. The van der Waals surface area contributed by atoms with Gasteiger partial charge in [-0.3, -0.25) is 9.59 Å². The molecule has 22 heavy (non-hydrogen) atoms. The van der Waals surface area contributed by atoms with Gasteiger partial charge >= 0.3 is 5.97 Å². The summed E-state index contributed by atoms with van der Waals surface area (Å²) >= 11 is 3.37. The summed E-state index contributed by atoms with van der Waals surface area (Å²) in [5.74, 6) is -0.0560. The highest BCUT2D eigenvalue weighted by Crippen LogP contribution is 2.38. The van der Waals surface area contributed by atoms with E-state index >= 15 is 0 Å². The van der Waals surface area contributed by atoms with Gasteiger partial charge in [0.2, 0.25) is 0 Å². The second-order valence-corrected chi connectivity index (χ2v) is 6.57. The molecule has 0 spiro atoms. The Labute approximate surface area is 136 Å². The molecular formula is C15H18BrNO5. The van der Waals surface area contributed by atoms with Gasteiger partial charge in [0.1, 0.15) is 13.2 Å². The zero-order valence-corrected chi connectivity index (χ0v) is 14.0. The van der Waals surface area contributed by atoms with E-state index in [1.165, 1.54) is 0 Å². The van der Waals surface area contributed by atoms with Gasteiger partial charge in [0, 0.05) is 17.5 Å². The number of carbonyl (C=O) groups is 2. The number of carbonyl (C=O) groups excluding carboxylic acids is 1. The van der Waals surface area contributed by atoms with Crippen molar-refractivity contribution in [1.29, 1.82) is 0 Å². The van der Waals surface area contributed by atoms with Gasteiger partial charge < -0.3 is 19.9 Å². The molecule has 0 saturated carbocycles. The third-order valence-electron chi connectivity index (χ3n) is 3.27. The molecule has 6 nitrogen and oxygen atoms in total. The van der Waals surface area contributed by atoms with E-state index in [1.54, 1.807) is 26.0 Å². The number of benzene rings is 1. The Morgan fingerprint density at radius 2 is 2.00 bits per heavy atom. The van der Waals surface area contributed by atoms with E-state index in [4.69, 9.17) is 14.6 Å². The first-order valence-corrected chi connectivity index (χ1v) is 7.71.